The molecule has 0 aliphatic carbocycles. The highest BCUT2D eigenvalue weighted by Crippen LogP contribution is 2.17. The van der Waals surface area contributed by atoms with Crippen molar-refractivity contribution in [3.05, 3.63) is 35.4 Å². The Bertz CT molecular complexity index is 575. The van der Waals surface area contributed by atoms with Gasteiger partial charge in [0.2, 0.25) is 5.91 Å². The Balaban J connectivity index is 1.80. The predicted molar refractivity (Wildman–Crippen MR) is 84.0 cm³/mol. The molecule has 0 aromatic heterocycles. The molecular weight excluding hydrogens is 318 g/mol. The highest BCUT2D eigenvalue weighted by Gasteiger charge is 2.27. The summed E-state index contributed by atoms with van der Waals surface area (Å²) in [4.78, 5) is 25.7. The number of nitrogens with one attached hydrogen (secondary N) is 1. The molecule has 1 atom stereocenters. The SMILES string of the molecule is CCOC(=O)C1CCCN(CC(=O)NCc2cc(F)cc(F)c2)C1. The van der Waals surface area contributed by atoms with Crippen LogP contribution in [-0.2, 0) is 20.9 Å². The monoisotopic (exact) mass is 340 g/mol. The van der Waals surface area contributed by atoms with E-state index in [0.717, 1.165) is 25.5 Å². The summed E-state index contributed by atoms with van der Waals surface area (Å²) in [6.45, 7) is 3.54. The molecule has 0 radical (unpaired) electrons. The highest BCUT2D eigenvalue weighted by atomic mass is 19.1. The summed E-state index contributed by atoms with van der Waals surface area (Å²) in [7, 11) is 0. The van der Waals surface area contributed by atoms with E-state index in [0.29, 0.717) is 18.7 Å². The van der Waals surface area contributed by atoms with Crippen LogP contribution in [0.15, 0.2) is 18.2 Å². The van der Waals surface area contributed by atoms with Crippen molar-refractivity contribution in [2.45, 2.75) is 26.3 Å². The van der Waals surface area contributed by atoms with Crippen LogP contribution in [0.2, 0.25) is 0 Å². The lowest BCUT2D eigenvalue weighted by Gasteiger charge is -2.30. The molecule has 1 aromatic rings. The van der Waals surface area contributed by atoms with Gasteiger partial charge in [-0.3, -0.25) is 14.5 Å². The number of benzene rings is 1. The third kappa shape index (κ3) is 5.56. The van der Waals surface area contributed by atoms with Crippen LogP contribution in [0.25, 0.3) is 0 Å². The van der Waals surface area contributed by atoms with Gasteiger partial charge >= 0.3 is 5.97 Å². The summed E-state index contributed by atoms with van der Waals surface area (Å²) >= 11 is 0. The van der Waals surface area contributed by atoms with E-state index in [1.165, 1.54) is 12.1 Å². The smallest absolute Gasteiger partial charge is 0.310 e. The van der Waals surface area contributed by atoms with Crippen LogP contribution in [0.3, 0.4) is 0 Å². The van der Waals surface area contributed by atoms with Crippen molar-refractivity contribution < 1.29 is 23.1 Å². The molecule has 1 heterocycles. The number of piperidine rings is 1. The van der Waals surface area contributed by atoms with Crippen LogP contribution in [0.1, 0.15) is 25.3 Å². The van der Waals surface area contributed by atoms with E-state index in [-0.39, 0.29) is 30.9 Å². The summed E-state index contributed by atoms with van der Waals surface area (Å²) in [5.74, 6) is -2.02. The third-order valence-electron chi connectivity index (χ3n) is 3.90. The number of nitrogens with zero attached hydrogens (tertiary/aromatic N) is 1. The molecule has 1 amide bonds. The van der Waals surface area contributed by atoms with Gasteiger partial charge in [-0.15, -0.1) is 0 Å². The van der Waals surface area contributed by atoms with Gasteiger partial charge in [0.05, 0.1) is 19.1 Å². The molecule has 0 saturated carbocycles. The van der Waals surface area contributed by atoms with E-state index in [2.05, 4.69) is 5.32 Å². The number of ether oxygens (including phenoxy) is 1. The molecule has 5 nitrogen and oxygen atoms in total. The normalized spacial score (nSPS) is 18.2. The highest BCUT2D eigenvalue weighted by molar-refractivity contribution is 5.78. The fourth-order valence-corrected chi connectivity index (χ4v) is 2.82. The Hall–Kier alpha value is -2.02. The van der Waals surface area contributed by atoms with Gasteiger partial charge in [0.15, 0.2) is 0 Å². The molecule has 2 rings (SSSR count). The van der Waals surface area contributed by atoms with Crippen LogP contribution in [0.4, 0.5) is 8.78 Å². The molecule has 24 heavy (non-hydrogen) atoms. The maximum absolute atomic E-state index is 13.1. The van der Waals surface area contributed by atoms with E-state index in [4.69, 9.17) is 4.74 Å². The van der Waals surface area contributed by atoms with Gasteiger partial charge in [0, 0.05) is 19.2 Å². The molecule has 1 aliphatic heterocycles. The van der Waals surface area contributed by atoms with Gasteiger partial charge in [-0.1, -0.05) is 0 Å². The largest absolute Gasteiger partial charge is 0.466 e. The van der Waals surface area contributed by atoms with Crippen LogP contribution in [-0.4, -0.2) is 43.0 Å². The Morgan fingerprint density at radius 1 is 1.29 bits per heavy atom. The number of esters is 1. The molecule has 0 spiro atoms. The van der Waals surface area contributed by atoms with Crippen molar-refractivity contribution in [2.75, 3.05) is 26.2 Å². The van der Waals surface area contributed by atoms with Crippen molar-refractivity contribution in [2.24, 2.45) is 5.92 Å². The van der Waals surface area contributed by atoms with Gasteiger partial charge in [-0.2, -0.15) is 0 Å². The van der Waals surface area contributed by atoms with Crippen LogP contribution in [0, 0.1) is 17.6 Å². The Labute approximate surface area is 140 Å². The fourth-order valence-electron chi connectivity index (χ4n) is 2.82. The fraction of sp³-hybridized carbons (Fsp3) is 0.529. The maximum Gasteiger partial charge on any atom is 0.310 e. The van der Waals surface area contributed by atoms with Gasteiger partial charge in [-0.05, 0) is 44.0 Å². The molecule has 1 aliphatic rings. The Kier molecular flexibility index (Phi) is 6.66. The minimum Gasteiger partial charge on any atom is -0.466 e. The summed E-state index contributed by atoms with van der Waals surface area (Å²) < 4.78 is 31.2. The molecular formula is C17H22F2N2O3. The number of amides is 1. The van der Waals surface area contributed by atoms with E-state index in [1.807, 2.05) is 4.90 Å². The van der Waals surface area contributed by atoms with Gasteiger partial charge in [0.25, 0.3) is 0 Å². The van der Waals surface area contributed by atoms with E-state index >= 15 is 0 Å². The zero-order valence-corrected chi connectivity index (χ0v) is 13.7. The second-order valence-electron chi connectivity index (χ2n) is 5.88. The first-order valence-corrected chi connectivity index (χ1v) is 8.08. The Morgan fingerprint density at radius 3 is 2.67 bits per heavy atom. The minimum atomic E-state index is -0.674. The quantitative estimate of drug-likeness (QED) is 0.803. The number of rotatable bonds is 6. The number of likely N-dealkylation sites (tertiary alicyclic amines) is 1. The maximum atomic E-state index is 13.1. The first-order chi connectivity index (χ1) is 11.5. The van der Waals surface area contributed by atoms with Crippen molar-refractivity contribution in [1.29, 1.82) is 0 Å². The molecule has 1 unspecified atom stereocenters. The van der Waals surface area contributed by atoms with Crippen molar-refractivity contribution in [3.63, 3.8) is 0 Å². The first kappa shape index (κ1) is 18.3. The summed E-state index contributed by atoms with van der Waals surface area (Å²) in [5.41, 5.74) is 0.365. The molecule has 1 fully saturated rings. The number of carbonyl (C=O) groups excluding carboxylic acids is 2. The van der Waals surface area contributed by atoms with Crippen LogP contribution >= 0.6 is 0 Å². The number of hydrogen-bond donors (Lipinski definition) is 1. The number of hydrogen-bond acceptors (Lipinski definition) is 4. The lowest BCUT2D eigenvalue weighted by molar-refractivity contribution is -0.150. The standard InChI is InChI=1S/C17H22F2N2O3/c1-2-24-17(23)13-4-3-5-21(10-13)11-16(22)20-9-12-6-14(18)8-15(19)7-12/h6-8,13H,2-5,9-11H2,1H3,(H,20,22). The average molecular weight is 340 g/mol. The summed E-state index contributed by atoms with van der Waals surface area (Å²) in [6, 6.07) is 3.15. The molecule has 0 bridgehead atoms. The second-order valence-corrected chi connectivity index (χ2v) is 5.88. The van der Waals surface area contributed by atoms with E-state index in [9.17, 15) is 18.4 Å². The molecule has 1 N–H and O–H groups in total. The zero-order valence-electron chi connectivity index (χ0n) is 13.7. The lowest BCUT2D eigenvalue weighted by atomic mass is 9.98. The third-order valence-corrected chi connectivity index (χ3v) is 3.90. The summed E-state index contributed by atoms with van der Waals surface area (Å²) in [6.07, 6.45) is 1.59. The van der Waals surface area contributed by atoms with Gasteiger partial charge in [-0.25, -0.2) is 8.78 Å². The van der Waals surface area contributed by atoms with Crippen molar-refractivity contribution in [3.8, 4) is 0 Å². The zero-order chi connectivity index (χ0) is 17.5. The molecule has 7 heteroatoms. The Morgan fingerprint density at radius 2 is 2.00 bits per heavy atom. The van der Waals surface area contributed by atoms with Crippen LogP contribution in [0.5, 0.6) is 0 Å². The number of carbonyl (C=O) groups is 2. The van der Waals surface area contributed by atoms with E-state index < -0.39 is 11.6 Å². The van der Waals surface area contributed by atoms with Crippen molar-refractivity contribution in [1.82, 2.24) is 10.2 Å². The van der Waals surface area contributed by atoms with Crippen molar-refractivity contribution >= 4 is 11.9 Å². The van der Waals surface area contributed by atoms with Crippen LogP contribution < -0.4 is 5.32 Å². The molecule has 1 saturated heterocycles. The summed E-state index contributed by atoms with van der Waals surface area (Å²) in [5, 5.41) is 2.64. The minimum absolute atomic E-state index is 0.0582. The molecule has 1 aromatic carbocycles. The van der Waals surface area contributed by atoms with Gasteiger partial charge < -0.3 is 10.1 Å². The second kappa shape index (κ2) is 8.73. The average Bonchev–Trinajstić information content (AvgIpc) is 2.52. The lowest BCUT2D eigenvalue weighted by Crippen LogP contribution is -2.44. The first-order valence-electron chi connectivity index (χ1n) is 8.08. The van der Waals surface area contributed by atoms with Gasteiger partial charge in [0.1, 0.15) is 11.6 Å². The topological polar surface area (TPSA) is 58.6 Å². The van der Waals surface area contributed by atoms with E-state index in [1.54, 1.807) is 6.92 Å². The predicted octanol–water partition coefficient (Wildman–Crippen LogP) is 1.86. The molecule has 132 valence electrons. The number of halogens is 2.